The summed E-state index contributed by atoms with van der Waals surface area (Å²) in [5.41, 5.74) is 0. The molecule has 5 heteroatoms. The number of hydrogen-bond donors (Lipinski definition) is 2. The maximum Gasteiger partial charge on any atom is 0.314 e. The fourth-order valence-corrected chi connectivity index (χ4v) is 2.22. The zero-order valence-corrected chi connectivity index (χ0v) is 8.61. The van der Waals surface area contributed by atoms with Crippen molar-refractivity contribution in [2.24, 2.45) is 16.8 Å². The zero-order chi connectivity index (χ0) is 10.7. The fourth-order valence-electron chi connectivity index (χ4n) is 2.22. The molecule has 0 amide bonds. The number of carboxylic acid groups (broad SMARTS) is 1. The van der Waals surface area contributed by atoms with Crippen molar-refractivity contribution < 1.29 is 14.6 Å². The number of hydrogen-bond acceptors (Lipinski definition) is 4. The van der Waals surface area contributed by atoms with E-state index in [1.165, 1.54) is 0 Å². The van der Waals surface area contributed by atoms with Crippen LogP contribution in [0.25, 0.3) is 0 Å². The van der Waals surface area contributed by atoms with Crippen LogP contribution in [0.5, 0.6) is 0 Å². The highest BCUT2D eigenvalue weighted by Gasteiger charge is 2.34. The maximum absolute atomic E-state index is 11.2. The number of aliphatic imine (C=N–C) groups is 1. The summed E-state index contributed by atoms with van der Waals surface area (Å²) >= 11 is 0. The molecule has 15 heavy (non-hydrogen) atoms. The van der Waals surface area contributed by atoms with Crippen LogP contribution in [-0.4, -0.2) is 43.2 Å². The van der Waals surface area contributed by atoms with Crippen molar-refractivity contribution in [2.75, 3.05) is 26.3 Å². The number of aliphatic carboxylic acids is 1. The Morgan fingerprint density at radius 1 is 1.53 bits per heavy atom. The third-order valence-corrected chi connectivity index (χ3v) is 3.00. The molecule has 1 unspecified atom stereocenters. The van der Waals surface area contributed by atoms with Gasteiger partial charge in [-0.2, -0.15) is 0 Å². The second kappa shape index (κ2) is 4.61. The minimum absolute atomic E-state index is 0.167. The molecular formula is C10H16N2O3. The summed E-state index contributed by atoms with van der Waals surface area (Å²) in [5.74, 6) is -0.401. The van der Waals surface area contributed by atoms with Gasteiger partial charge in [0.15, 0.2) is 0 Å². The Balaban J connectivity index is 2.07. The Bertz CT molecular complexity index is 272. The first-order chi connectivity index (χ1) is 7.29. The summed E-state index contributed by atoms with van der Waals surface area (Å²) in [5, 5.41) is 12.3. The molecule has 1 atom stereocenters. The van der Waals surface area contributed by atoms with Crippen LogP contribution in [0, 0.1) is 11.8 Å². The van der Waals surface area contributed by atoms with E-state index < -0.39 is 11.9 Å². The summed E-state index contributed by atoms with van der Waals surface area (Å²) in [4.78, 5) is 15.4. The van der Waals surface area contributed by atoms with Crippen molar-refractivity contribution in [2.45, 2.75) is 12.8 Å². The van der Waals surface area contributed by atoms with Crippen LogP contribution in [0.15, 0.2) is 4.99 Å². The normalized spacial score (nSPS) is 24.4. The van der Waals surface area contributed by atoms with Gasteiger partial charge in [0.2, 0.25) is 0 Å². The second-order valence-electron chi connectivity index (χ2n) is 3.96. The average Bonchev–Trinajstić information content (AvgIpc) is 2.72. The van der Waals surface area contributed by atoms with Gasteiger partial charge in [-0.05, 0) is 18.8 Å². The smallest absolute Gasteiger partial charge is 0.314 e. The molecule has 84 valence electrons. The molecule has 2 aliphatic rings. The van der Waals surface area contributed by atoms with Crippen LogP contribution in [-0.2, 0) is 9.53 Å². The molecule has 0 aromatic carbocycles. The molecular weight excluding hydrogens is 196 g/mol. The molecule has 2 N–H and O–H groups in total. The summed E-state index contributed by atoms with van der Waals surface area (Å²) in [6.07, 6.45) is 1.63. The third kappa shape index (κ3) is 2.28. The van der Waals surface area contributed by atoms with Gasteiger partial charge < -0.3 is 15.2 Å². The first kappa shape index (κ1) is 10.4. The Hall–Kier alpha value is -1.10. The number of amidine groups is 1. The molecule has 0 bridgehead atoms. The van der Waals surface area contributed by atoms with Gasteiger partial charge in [-0.15, -0.1) is 0 Å². The summed E-state index contributed by atoms with van der Waals surface area (Å²) in [6.45, 7) is 2.80. The van der Waals surface area contributed by atoms with Gasteiger partial charge in [-0.1, -0.05) is 0 Å². The molecule has 2 aliphatic heterocycles. The highest BCUT2D eigenvalue weighted by Crippen LogP contribution is 2.25. The molecule has 1 saturated heterocycles. The van der Waals surface area contributed by atoms with E-state index in [0.29, 0.717) is 25.6 Å². The molecule has 0 radical (unpaired) electrons. The SMILES string of the molecule is O=C(O)C(C1=NCCN1)C1CCOCC1. The van der Waals surface area contributed by atoms with Crippen molar-refractivity contribution in [3.05, 3.63) is 0 Å². The monoisotopic (exact) mass is 212 g/mol. The number of rotatable bonds is 3. The highest BCUT2D eigenvalue weighted by atomic mass is 16.5. The third-order valence-electron chi connectivity index (χ3n) is 3.00. The van der Waals surface area contributed by atoms with Crippen LogP contribution >= 0.6 is 0 Å². The fraction of sp³-hybridized carbons (Fsp3) is 0.800. The van der Waals surface area contributed by atoms with Crippen LogP contribution in [0.1, 0.15) is 12.8 Å². The van der Waals surface area contributed by atoms with Gasteiger partial charge in [0.25, 0.3) is 0 Å². The van der Waals surface area contributed by atoms with Gasteiger partial charge in [0, 0.05) is 19.8 Å². The van der Waals surface area contributed by atoms with Crippen LogP contribution in [0.3, 0.4) is 0 Å². The van der Waals surface area contributed by atoms with E-state index in [-0.39, 0.29) is 5.92 Å². The minimum atomic E-state index is -0.768. The lowest BCUT2D eigenvalue weighted by Gasteiger charge is -2.27. The van der Waals surface area contributed by atoms with E-state index in [4.69, 9.17) is 4.74 Å². The Morgan fingerprint density at radius 2 is 2.27 bits per heavy atom. The molecule has 0 aliphatic carbocycles. The molecule has 0 saturated carbocycles. The first-order valence-corrected chi connectivity index (χ1v) is 5.38. The maximum atomic E-state index is 11.2. The van der Waals surface area contributed by atoms with E-state index in [2.05, 4.69) is 10.3 Å². The van der Waals surface area contributed by atoms with Crippen LogP contribution in [0.2, 0.25) is 0 Å². The molecule has 0 aromatic rings. The van der Waals surface area contributed by atoms with E-state index in [1.54, 1.807) is 0 Å². The van der Waals surface area contributed by atoms with Gasteiger partial charge >= 0.3 is 5.97 Å². The molecule has 0 aromatic heterocycles. The lowest BCUT2D eigenvalue weighted by Crippen LogP contribution is -2.39. The Morgan fingerprint density at radius 3 is 2.80 bits per heavy atom. The summed E-state index contributed by atoms with van der Waals surface area (Å²) in [7, 11) is 0. The largest absolute Gasteiger partial charge is 0.481 e. The molecule has 0 spiro atoms. The standard InChI is InChI=1S/C10H16N2O3/c13-10(14)8(9-11-3-4-12-9)7-1-5-15-6-2-7/h7-8H,1-6H2,(H,11,12)(H,13,14). The minimum Gasteiger partial charge on any atom is -0.481 e. The number of ether oxygens (including phenoxy) is 1. The predicted octanol–water partition coefficient (Wildman–Crippen LogP) is 0.115. The molecule has 2 rings (SSSR count). The van der Waals surface area contributed by atoms with Crippen LogP contribution in [0.4, 0.5) is 0 Å². The average molecular weight is 212 g/mol. The van der Waals surface area contributed by atoms with Crippen LogP contribution < -0.4 is 5.32 Å². The lowest BCUT2D eigenvalue weighted by molar-refractivity contribution is -0.141. The molecule has 1 fully saturated rings. The highest BCUT2D eigenvalue weighted by molar-refractivity contribution is 6.01. The Kier molecular flexibility index (Phi) is 3.20. The van der Waals surface area contributed by atoms with Crippen molar-refractivity contribution >= 4 is 11.8 Å². The van der Waals surface area contributed by atoms with E-state index in [9.17, 15) is 9.90 Å². The quantitative estimate of drug-likeness (QED) is 0.697. The number of carboxylic acids is 1. The molecule has 2 heterocycles. The second-order valence-corrected chi connectivity index (χ2v) is 3.96. The van der Waals surface area contributed by atoms with Gasteiger partial charge in [-0.25, -0.2) is 0 Å². The summed E-state index contributed by atoms with van der Waals surface area (Å²) < 4.78 is 5.24. The number of nitrogens with one attached hydrogen (secondary N) is 1. The van der Waals surface area contributed by atoms with Crippen molar-refractivity contribution in [3.8, 4) is 0 Å². The van der Waals surface area contributed by atoms with E-state index >= 15 is 0 Å². The summed E-state index contributed by atoms with van der Waals surface area (Å²) in [6, 6.07) is 0. The van der Waals surface area contributed by atoms with Gasteiger partial charge in [0.05, 0.1) is 6.54 Å². The van der Waals surface area contributed by atoms with E-state index in [1.807, 2.05) is 0 Å². The zero-order valence-electron chi connectivity index (χ0n) is 8.61. The lowest BCUT2D eigenvalue weighted by atomic mass is 9.85. The van der Waals surface area contributed by atoms with E-state index in [0.717, 1.165) is 19.4 Å². The van der Waals surface area contributed by atoms with Gasteiger partial charge in [-0.3, -0.25) is 9.79 Å². The number of nitrogens with zero attached hydrogens (tertiary/aromatic N) is 1. The first-order valence-electron chi connectivity index (χ1n) is 5.38. The molecule has 5 nitrogen and oxygen atoms in total. The van der Waals surface area contributed by atoms with Crippen molar-refractivity contribution in [1.29, 1.82) is 0 Å². The van der Waals surface area contributed by atoms with Crippen molar-refractivity contribution in [3.63, 3.8) is 0 Å². The predicted molar refractivity (Wildman–Crippen MR) is 55.0 cm³/mol. The van der Waals surface area contributed by atoms with Crippen molar-refractivity contribution in [1.82, 2.24) is 5.32 Å². The Labute approximate surface area is 88.5 Å². The number of carbonyl (C=O) groups is 1. The topological polar surface area (TPSA) is 70.9 Å². The van der Waals surface area contributed by atoms with Gasteiger partial charge in [0.1, 0.15) is 11.8 Å².